The quantitative estimate of drug-likeness (QED) is 0.886. The molecule has 110 valence electrons. The van der Waals surface area contributed by atoms with Crippen LogP contribution in [0.15, 0.2) is 45.8 Å². The Morgan fingerprint density at radius 3 is 2.48 bits per heavy atom. The highest BCUT2D eigenvalue weighted by Crippen LogP contribution is 2.22. The Labute approximate surface area is 130 Å². The molecule has 0 radical (unpaired) electrons. The molecule has 1 N–H and O–H groups in total. The van der Waals surface area contributed by atoms with E-state index in [9.17, 15) is 17.8 Å². The molecule has 3 nitrogen and oxygen atoms in total. The molecule has 0 bridgehead atoms. The first-order chi connectivity index (χ1) is 9.88. The first-order valence-electron chi connectivity index (χ1n) is 5.73. The molecule has 0 aromatic heterocycles. The number of carboxylic acid groups (broad SMARTS) is 1. The van der Waals surface area contributed by atoms with Gasteiger partial charge in [0.15, 0.2) is 11.6 Å². The van der Waals surface area contributed by atoms with Crippen molar-refractivity contribution >= 4 is 32.7 Å². The molecule has 1 atom stereocenters. The Kier molecular flexibility index (Phi) is 4.84. The minimum Gasteiger partial charge on any atom is -0.478 e. The summed E-state index contributed by atoms with van der Waals surface area (Å²) in [7, 11) is -1.69. The Bertz CT molecular complexity index is 734. The third kappa shape index (κ3) is 3.74. The number of aromatic carboxylic acids is 1. The molecule has 0 amide bonds. The molecule has 0 aliphatic heterocycles. The summed E-state index contributed by atoms with van der Waals surface area (Å²) < 4.78 is 38.9. The second kappa shape index (κ2) is 6.44. The van der Waals surface area contributed by atoms with Crippen LogP contribution in [0.1, 0.15) is 15.9 Å². The molecule has 0 aliphatic carbocycles. The molecule has 0 heterocycles. The maximum absolute atomic E-state index is 13.1. The third-order valence-electron chi connectivity index (χ3n) is 2.70. The summed E-state index contributed by atoms with van der Waals surface area (Å²) in [4.78, 5) is 11.3. The molecule has 0 aliphatic rings. The standard InChI is InChI=1S/C14H9BrF2O3S/c15-9-2-3-10(14(18)19)13(6-9)21(20)7-8-1-4-11(16)12(17)5-8/h1-6H,7H2,(H,18,19). The van der Waals surface area contributed by atoms with E-state index in [0.29, 0.717) is 10.0 Å². The van der Waals surface area contributed by atoms with E-state index in [0.717, 1.165) is 12.1 Å². The Morgan fingerprint density at radius 2 is 1.86 bits per heavy atom. The molecule has 0 saturated carbocycles. The van der Waals surface area contributed by atoms with E-state index in [1.807, 2.05) is 0 Å². The van der Waals surface area contributed by atoms with Crippen molar-refractivity contribution in [3.05, 3.63) is 63.6 Å². The number of halogens is 3. The van der Waals surface area contributed by atoms with E-state index < -0.39 is 28.4 Å². The molecule has 0 fully saturated rings. The highest BCUT2D eigenvalue weighted by Gasteiger charge is 2.16. The van der Waals surface area contributed by atoms with Crippen molar-refractivity contribution in [2.24, 2.45) is 0 Å². The Morgan fingerprint density at radius 1 is 1.14 bits per heavy atom. The van der Waals surface area contributed by atoms with Gasteiger partial charge in [0.1, 0.15) is 0 Å². The SMILES string of the molecule is O=C(O)c1ccc(Br)cc1S(=O)Cc1ccc(F)c(F)c1. The highest BCUT2D eigenvalue weighted by molar-refractivity contribution is 9.10. The van der Waals surface area contributed by atoms with Crippen molar-refractivity contribution in [2.75, 3.05) is 0 Å². The van der Waals surface area contributed by atoms with Crippen molar-refractivity contribution in [3.8, 4) is 0 Å². The lowest BCUT2D eigenvalue weighted by Gasteiger charge is -2.07. The normalized spacial score (nSPS) is 12.1. The first-order valence-corrected chi connectivity index (χ1v) is 7.85. The zero-order valence-corrected chi connectivity index (χ0v) is 12.9. The summed E-state index contributed by atoms with van der Waals surface area (Å²) in [5.41, 5.74) is 0.239. The average Bonchev–Trinajstić information content (AvgIpc) is 2.42. The van der Waals surface area contributed by atoms with Crippen molar-refractivity contribution in [3.63, 3.8) is 0 Å². The maximum atomic E-state index is 13.1. The Balaban J connectivity index is 2.34. The zero-order chi connectivity index (χ0) is 15.6. The minimum atomic E-state index is -1.69. The van der Waals surface area contributed by atoms with Crippen LogP contribution in [-0.4, -0.2) is 15.3 Å². The van der Waals surface area contributed by atoms with Crippen LogP contribution in [0.25, 0.3) is 0 Å². The number of hydrogen-bond donors (Lipinski definition) is 1. The van der Waals surface area contributed by atoms with Gasteiger partial charge in [-0.05, 0) is 35.9 Å². The molecule has 7 heteroatoms. The van der Waals surface area contributed by atoms with E-state index in [4.69, 9.17) is 5.11 Å². The van der Waals surface area contributed by atoms with Crippen molar-refractivity contribution in [1.82, 2.24) is 0 Å². The predicted octanol–water partition coefficient (Wildman–Crippen LogP) is 3.73. The second-order valence-corrected chi connectivity index (χ2v) is 6.52. The monoisotopic (exact) mass is 374 g/mol. The van der Waals surface area contributed by atoms with Gasteiger partial charge in [0.05, 0.1) is 27.0 Å². The average molecular weight is 375 g/mol. The van der Waals surface area contributed by atoms with Crippen molar-refractivity contribution in [1.29, 1.82) is 0 Å². The van der Waals surface area contributed by atoms with Gasteiger partial charge in [-0.3, -0.25) is 4.21 Å². The Hall–Kier alpha value is -1.60. The maximum Gasteiger partial charge on any atom is 0.336 e. The van der Waals surface area contributed by atoms with Crippen LogP contribution < -0.4 is 0 Å². The molecule has 0 saturated heterocycles. The van der Waals surface area contributed by atoms with Gasteiger partial charge in [-0.1, -0.05) is 22.0 Å². The first kappa shape index (κ1) is 15.8. The van der Waals surface area contributed by atoms with Gasteiger partial charge in [0.25, 0.3) is 0 Å². The van der Waals surface area contributed by atoms with Crippen LogP contribution in [0, 0.1) is 11.6 Å². The molecule has 1 unspecified atom stereocenters. The highest BCUT2D eigenvalue weighted by atomic mass is 79.9. The fourth-order valence-corrected chi connectivity index (χ4v) is 3.53. The fraction of sp³-hybridized carbons (Fsp3) is 0.0714. The summed E-state index contributed by atoms with van der Waals surface area (Å²) in [6, 6.07) is 7.52. The summed E-state index contributed by atoms with van der Waals surface area (Å²) in [6.45, 7) is 0. The van der Waals surface area contributed by atoms with Crippen molar-refractivity contribution in [2.45, 2.75) is 10.6 Å². The summed E-state index contributed by atoms with van der Waals surface area (Å²) in [5, 5.41) is 9.09. The van der Waals surface area contributed by atoms with Crippen LogP contribution in [0.2, 0.25) is 0 Å². The lowest BCUT2D eigenvalue weighted by Crippen LogP contribution is -2.06. The smallest absolute Gasteiger partial charge is 0.336 e. The van der Waals surface area contributed by atoms with Gasteiger partial charge < -0.3 is 5.11 Å². The van der Waals surface area contributed by atoms with Crippen LogP contribution in [-0.2, 0) is 16.6 Å². The second-order valence-electron chi connectivity index (χ2n) is 4.18. The lowest BCUT2D eigenvalue weighted by atomic mass is 10.2. The number of benzene rings is 2. The predicted molar refractivity (Wildman–Crippen MR) is 77.6 cm³/mol. The lowest BCUT2D eigenvalue weighted by molar-refractivity contribution is 0.0693. The summed E-state index contributed by atoms with van der Waals surface area (Å²) in [6.07, 6.45) is 0. The van der Waals surface area contributed by atoms with E-state index in [2.05, 4.69) is 15.9 Å². The van der Waals surface area contributed by atoms with E-state index in [1.54, 1.807) is 0 Å². The molecule has 21 heavy (non-hydrogen) atoms. The third-order valence-corrected chi connectivity index (χ3v) is 4.62. The van der Waals surface area contributed by atoms with Gasteiger partial charge in [-0.2, -0.15) is 0 Å². The molecule has 2 aromatic carbocycles. The summed E-state index contributed by atoms with van der Waals surface area (Å²) in [5.74, 6) is -3.32. The van der Waals surface area contributed by atoms with Crippen LogP contribution in [0.3, 0.4) is 0 Å². The molecular formula is C14H9BrF2O3S. The van der Waals surface area contributed by atoms with E-state index in [-0.39, 0.29) is 16.2 Å². The van der Waals surface area contributed by atoms with Gasteiger partial charge in [0, 0.05) is 4.47 Å². The minimum absolute atomic E-state index is 0.0842. The topological polar surface area (TPSA) is 54.4 Å². The van der Waals surface area contributed by atoms with Crippen molar-refractivity contribution < 1.29 is 22.9 Å². The van der Waals surface area contributed by atoms with Gasteiger partial charge >= 0.3 is 5.97 Å². The van der Waals surface area contributed by atoms with Crippen LogP contribution in [0.5, 0.6) is 0 Å². The number of carbonyl (C=O) groups is 1. The molecule has 2 aromatic rings. The number of hydrogen-bond acceptors (Lipinski definition) is 2. The van der Waals surface area contributed by atoms with Gasteiger partial charge in [-0.25, -0.2) is 13.6 Å². The van der Waals surface area contributed by atoms with Crippen LogP contribution >= 0.6 is 15.9 Å². The largest absolute Gasteiger partial charge is 0.478 e. The van der Waals surface area contributed by atoms with Gasteiger partial charge in [-0.15, -0.1) is 0 Å². The number of rotatable bonds is 4. The van der Waals surface area contributed by atoms with E-state index >= 15 is 0 Å². The zero-order valence-electron chi connectivity index (χ0n) is 10.5. The summed E-state index contributed by atoms with van der Waals surface area (Å²) >= 11 is 3.18. The fourth-order valence-electron chi connectivity index (χ4n) is 1.72. The van der Waals surface area contributed by atoms with E-state index in [1.165, 1.54) is 24.3 Å². The molecular weight excluding hydrogens is 366 g/mol. The molecule has 0 spiro atoms. The van der Waals surface area contributed by atoms with Crippen LogP contribution in [0.4, 0.5) is 8.78 Å². The van der Waals surface area contributed by atoms with Gasteiger partial charge in [0.2, 0.25) is 0 Å². The number of carboxylic acids is 1. The molecule has 2 rings (SSSR count).